The van der Waals surface area contributed by atoms with Crippen molar-refractivity contribution in [3.63, 3.8) is 0 Å². The second-order valence-corrected chi connectivity index (χ2v) is 5.27. The number of halogens is 1. The molecule has 3 atom stereocenters. The zero-order valence-electron chi connectivity index (χ0n) is 10.5. The zero-order valence-corrected chi connectivity index (χ0v) is 10.5. The summed E-state index contributed by atoms with van der Waals surface area (Å²) in [5.41, 5.74) is 0.541. The van der Waals surface area contributed by atoms with Crippen molar-refractivity contribution in [2.75, 3.05) is 11.9 Å². The molecule has 2 aliphatic carbocycles. The summed E-state index contributed by atoms with van der Waals surface area (Å²) in [6.07, 6.45) is 6.34. The lowest BCUT2D eigenvalue weighted by Gasteiger charge is -2.17. The van der Waals surface area contributed by atoms with E-state index in [0.717, 1.165) is 6.42 Å². The Labute approximate surface area is 111 Å². The quantitative estimate of drug-likeness (QED) is 0.844. The Morgan fingerprint density at radius 3 is 2.68 bits per heavy atom. The summed E-state index contributed by atoms with van der Waals surface area (Å²) >= 11 is 0. The Bertz CT molecular complexity index is 497. The predicted octanol–water partition coefficient (Wildman–Crippen LogP) is 3.59. The first-order chi connectivity index (χ1) is 9.20. The van der Waals surface area contributed by atoms with Gasteiger partial charge in [-0.1, -0.05) is 12.2 Å². The van der Waals surface area contributed by atoms with Crippen LogP contribution in [-0.2, 0) is 4.74 Å². The fourth-order valence-electron chi connectivity index (χ4n) is 2.96. The first kappa shape index (κ1) is 12.2. The summed E-state index contributed by atoms with van der Waals surface area (Å²) < 4.78 is 17.9. The van der Waals surface area contributed by atoms with E-state index in [9.17, 15) is 9.18 Å². The number of fused-ring (bicyclic) bond motifs is 2. The molecule has 1 aromatic rings. The number of rotatable bonds is 3. The number of carbonyl (C=O) groups excluding carboxylic acids is 1. The maximum Gasteiger partial charge on any atom is 0.411 e. The molecule has 0 unspecified atom stereocenters. The van der Waals surface area contributed by atoms with Crippen LogP contribution in [0.2, 0.25) is 0 Å². The fourth-order valence-corrected chi connectivity index (χ4v) is 2.96. The van der Waals surface area contributed by atoms with Gasteiger partial charge in [-0.25, -0.2) is 9.18 Å². The summed E-state index contributed by atoms with van der Waals surface area (Å²) in [7, 11) is 0. The van der Waals surface area contributed by atoms with Gasteiger partial charge in [0.25, 0.3) is 0 Å². The Morgan fingerprint density at radius 2 is 2.05 bits per heavy atom. The summed E-state index contributed by atoms with van der Waals surface area (Å²) in [5.74, 6) is 1.38. The van der Waals surface area contributed by atoms with E-state index >= 15 is 0 Å². The third-order valence-electron chi connectivity index (χ3n) is 3.94. The van der Waals surface area contributed by atoms with Crippen molar-refractivity contribution in [1.82, 2.24) is 0 Å². The highest BCUT2D eigenvalue weighted by atomic mass is 19.1. The molecule has 0 radical (unpaired) electrons. The molecule has 1 fully saturated rings. The van der Waals surface area contributed by atoms with Crippen molar-refractivity contribution in [1.29, 1.82) is 0 Å². The Morgan fingerprint density at radius 1 is 1.26 bits per heavy atom. The van der Waals surface area contributed by atoms with E-state index in [2.05, 4.69) is 17.5 Å². The van der Waals surface area contributed by atoms with E-state index in [1.54, 1.807) is 0 Å². The maximum absolute atomic E-state index is 12.7. The summed E-state index contributed by atoms with van der Waals surface area (Å²) in [5, 5.41) is 2.59. The number of allylic oxidation sites excluding steroid dienone is 2. The van der Waals surface area contributed by atoms with Gasteiger partial charge in [0.2, 0.25) is 0 Å². The molecule has 0 spiro atoms. The minimum atomic E-state index is -0.474. The minimum Gasteiger partial charge on any atom is -0.449 e. The van der Waals surface area contributed by atoms with Gasteiger partial charge in [-0.3, -0.25) is 5.32 Å². The van der Waals surface area contributed by atoms with Crippen LogP contribution in [0.25, 0.3) is 0 Å². The van der Waals surface area contributed by atoms with E-state index in [0.29, 0.717) is 30.0 Å². The number of amides is 1. The van der Waals surface area contributed by atoms with Crippen LogP contribution in [0.1, 0.15) is 12.8 Å². The van der Waals surface area contributed by atoms with E-state index in [1.165, 1.54) is 30.7 Å². The first-order valence-corrected chi connectivity index (χ1v) is 6.58. The third-order valence-corrected chi connectivity index (χ3v) is 3.94. The number of hydrogen-bond donors (Lipinski definition) is 1. The third kappa shape index (κ3) is 2.78. The molecule has 0 aliphatic heterocycles. The lowest BCUT2D eigenvalue weighted by atomic mass is 9.95. The zero-order chi connectivity index (χ0) is 13.2. The molecule has 1 N–H and O–H groups in total. The van der Waals surface area contributed by atoms with Crippen LogP contribution in [0.5, 0.6) is 0 Å². The van der Waals surface area contributed by atoms with Gasteiger partial charge < -0.3 is 4.74 Å². The average Bonchev–Trinajstić information content (AvgIpc) is 3.01. The van der Waals surface area contributed by atoms with Crippen molar-refractivity contribution in [2.24, 2.45) is 17.8 Å². The lowest BCUT2D eigenvalue weighted by molar-refractivity contribution is 0.134. The van der Waals surface area contributed by atoms with Gasteiger partial charge in [0, 0.05) is 11.6 Å². The van der Waals surface area contributed by atoms with E-state index < -0.39 is 6.09 Å². The van der Waals surface area contributed by atoms with Crippen LogP contribution in [0, 0.1) is 23.6 Å². The minimum absolute atomic E-state index is 0.326. The smallest absolute Gasteiger partial charge is 0.411 e. The van der Waals surface area contributed by atoms with Crippen molar-refractivity contribution in [3.8, 4) is 0 Å². The molecule has 19 heavy (non-hydrogen) atoms. The van der Waals surface area contributed by atoms with E-state index in [-0.39, 0.29) is 5.82 Å². The SMILES string of the molecule is O=C(Nc1ccc(F)cc1)OC[C@H]1C[C@@H]2C=C[C@H]1C2. The molecule has 4 heteroatoms. The Kier molecular flexibility index (Phi) is 3.23. The average molecular weight is 261 g/mol. The predicted molar refractivity (Wildman–Crippen MR) is 70.2 cm³/mol. The van der Waals surface area contributed by atoms with Crippen molar-refractivity contribution < 1.29 is 13.9 Å². The second kappa shape index (κ2) is 5.03. The number of carbonyl (C=O) groups is 1. The fraction of sp³-hybridized carbons (Fsp3) is 0.400. The summed E-state index contributed by atoms with van der Waals surface area (Å²) in [4.78, 5) is 11.6. The molecule has 0 aromatic heterocycles. The molecule has 0 saturated heterocycles. The van der Waals surface area contributed by atoms with Crippen LogP contribution in [0.3, 0.4) is 0 Å². The van der Waals surface area contributed by atoms with Gasteiger partial charge in [-0.2, -0.15) is 0 Å². The van der Waals surface area contributed by atoms with E-state index in [1.807, 2.05) is 0 Å². The topological polar surface area (TPSA) is 38.3 Å². The highest BCUT2D eigenvalue weighted by molar-refractivity contribution is 5.84. The molecule has 1 amide bonds. The molecule has 3 nitrogen and oxygen atoms in total. The van der Waals surface area contributed by atoms with Crippen LogP contribution < -0.4 is 5.32 Å². The van der Waals surface area contributed by atoms with Crippen LogP contribution in [-0.4, -0.2) is 12.7 Å². The normalized spacial score (nSPS) is 27.5. The van der Waals surface area contributed by atoms with E-state index in [4.69, 9.17) is 4.74 Å². The van der Waals surface area contributed by atoms with Gasteiger partial charge >= 0.3 is 6.09 Å². The van der Waals surface area contributed by atoms with Gasteiger partial charge in [0.05, 0.1) is 6.61 Å². The molecule has 1 aromatic carbocycles. The number of anilines is 1. The highest BCUT2D eigenvalue weighted by Gasteiger charge is 2.36. The number of nitrogens with one attached hydrogen (secondary N) is 1. The Balaban J connectivity index is 1.47. The largest absolute Gasteiger partial charge is 0.449 e. The van der Waals surface area contributed by atoms with Gasteiger partial charge in [-0.15, -0.1) is 0 Å². The number of benzene rings is 1. The van der Waals surface area contributed by atoms with Crippen LogP contribution in [0.15, 0.2) is 36.4 Å². The molecule has 100 valence electrons. The molecular formula is C15H16FNO2. The molecule has 1 saturated carbocycles. The summed E-state index contributed by atoms with van der Waals surface area (Å²) in [6, 6.07) is 5.63. The Hall–Kier alpha value is -1.84. The van der Waals surface area contributed by atoms with Crippen molar-refractivity contribution >= 4 is 11.8 Å². The summed E-state index contributed by atoms with van der Waals surface area (Å²) in [6.45, 7) is 0.457. The maximum atomic E-state index is 12.7. The molecule has 2 bridgehead atoms. The lowest BCUT2D eigenvalue weighted by Crippen LogP contribution is -2.21. The molecule has 3 rings (SSSR count). The van der Waals surface area contributed by atoms with Crippen LogP contribution in [0.4, 0.5) is 14.9 Å². The monoisotopic (exact) mass is 261 g/mol. The molecular weight excluding hydrogens is 245 g/mol. The number of hydrogen-bond acceptors (Lipinski definition) is 2. The highest BCUT2D eigenvalue weighted by Crippen LogP contribution is 2.43. The first-order valence-electron chi connectivity index (χ1n) is 6.58. The van der Waals surface area contributed by atoms with Gasteiger partial charge in [0.15, 0.2) is 0 Å². The van der Waals surface area contributed by atoms with Gasteiger partial charge in [0.1, 0.15) is 5.82 Å². The standard InChI is InChI=1S/C15H16FNO2/c16-13-3-5-14(6-4-13)17-15(18)19-9-12-8-10-1-2-11(12)7-10/h1-6,10-12H,7-9H2,(H,17,18)/t10-,11+,12-/m1/s1. The van der Waals surface area contributed by atoms with Gasteiger partial charge in [-0.05, 0) is 48.9 Å². The van der Waals surface area contributed by atoms with Crippen LogP contribution >= 0.6 is 0 Å². The van der Waals surface area contributed by atoms with Crippen molar-refractivity contribution in [2.45, 2.75) is 12.8 Å². The molecule has 2 aliphatic rings. The van der Waals surface area contributed by atoms with Crippen molar-refractivity contribution in [3.05, 3.63) is 42.2 Å². The molecule has 0 heterocycles. The second-order valence-electron chi connectivity index (χ2n) is 5.27. The number of ether oxygens (including phenoxy) is 1.